The van der Waals surface area contributed by atoms with E-state index >= 15 is 0 Å². The molecule has 1 N–H and O–H groups in total. The van der Waals surface area contributed by atoms with E-state index in [-0.39, 0.29) is 38.3 Å². The lowest BCUT2D eigenvalue weighted by Gasteiger charge is -2.61. The normalized spacial score (nSPS) is 24.2. The molecule has 0 radical (unpaired) electrons. The second-order valence-electron chi connectivity index (χ2n) is 33.3. The second-order valence-corrected chi connectivity index (χ2v) is 39.4. The monoisotopic (exact) mass is 1650 g/mol. The Balaban J connectivity index is 0.000000287. The maximum atomic E-state index is 11.9. The van der Waals surface area contributed by atoms with Crippen molar-refractivity contribution in [2.45, 2.75) is 338 Å². The highest BCUT2D eigenvalue weighted by Crippen LogP contribution is 2.65. The van der Waals surface area contributed by atoms with E-state index in [0.29, 0.717) is 28.4 Å². The number of rotatable bonds is 14. The molecule has 0 aliphatic heterocycles. The molecule has 4 atom stereocenters. The van der Waals surface area contributed by atoms with Gasteiger partial charge in [0.15, 0.2) is 44.1 Å². The van der Waals surface area contributed by atoms with Crippen LogP contribution in [0.25, 0.3) is 0 Å². The summed E-state index contributed by atoms with van der Waals surface area (Å²) in [5.41, 5.74) is 1.67. The van der Waals surface area contributed by atoms with E-state index in [1.165, 1.54) is 108 Å². The molecule has 12 aliphatic rings. The summed E-state index contributed by atoms with van der Waals surface area (Å²) >= 11 is 0. The van der Waals surface area contributed by atoms with E-state index in [1.54, 1.807) is 38.5 Å². The van der Waals surface area contributed by atoms with E-state index in [9.17, 15) is 9.90 Å². The Kier molecular flexibility index (Phi) is 49.7. The quantitative estimate of drug-likeness (QED) is 0.110. The van der Waals surface area contributed by atoms with Crippen molar-refractivity contribution in [2.24, 2.45) is 81.3 Å². The molecule has 0 saturated heterocycles. The van der Waals surface area contributed by atoms with Crippen LogP contribution < -0.4 is 0 Å². The molecule has 0 amide bonds. The number of hydrogen-bond acceptors (Lipinski definition) is 2. The third kappa shape index (κ3) is 30.6. The summed E-state index contributed by atoms with van der Waals surface area (Å²) in [4.78, 5) is 24.2. The lowest BCUT2D eigenvalue weighted by Crippen LogP contribution is -2.55. The van der Waals surface area contributed by atoms with Gasteiger partial charge in [-0.05, 0) is 301 Å². The van der Waals surface area contributed by atoms with Crippen LogP contribution in [0.5, 0.6) is 0 Å². The van der Waals surface area contributed by atoms with Gasteiger partial charge in [-0.1, -0.05) is 330 Å². The Hall–Kier alpha value is -6.34. The van der Waals surface area contributed by atoms with Gasteiger partial charge in [-0.25, -0.2) is 0 Å². The van der Waals surface area contributed by atoms with Gasteiger partial charge in [0.25, 0.3) is 0 Å². The molecular formula is C113H167O2S3+3. The Morgan fingerprint density at radius 3 is 0.661 bits per heavy atom. The van der Waals surface area contributed by atoms with Gasteiger partial charge >= 0.3 is 0 Å². The fourth-order valence-corrected chi connectivity index (χ4v) is 28.0. The van der Waals surface area contributed by atoms with Gasteiger partial charge in [0.1, 0.15) is 5.78 Å². The summed E-state index contributed by atoms with van der Waals surface area (Å²) in [6.45, 7) is 50.2. The average molecular weight is 1650 g/mol. The number of carbonyl (C=O) groups excluding carboxylic acids is 1. The van der Waals surface area contributed by atoms with Crippen molar-refractivity contribution in [3.8, 4) is 0 Å². The first-order valence-electron chi connectivity index (χ1n) is 47.5. The predicted octanol–water partition coefficient (Wildman–Crippen LogP) is 34.2. The first-order valence-corrected chi connectivity index (χ1v) is 51.2. The second kappa shape index (κ2) is 56.4. The highest BCUT2D eigenvalue weighted by Gasteiger charge is 2.58. The minimum atomic E-state index is -0.251. The molecule has 4 unspecified atom stereocenters. The first-order chi connectivity index (χ1) is 57.6. The van der Waals surface area contributed by atoms with Crippen LogP contribution >= 0.6 is 0 Å². The molecule has 21 rings (SSSR count). The molecule has 118 heavy (non-hydrogen) atoms. The van der Waals surface area contributed by atoms with Gasteiger partial charge < -0.3 is 5.11 Å². The highest BCUT2D eigenvalue weighted by atomic mass is 32.2. The Bertz CT molecular complexity index is 3280. The molecule has 2 nitrogen and oxygen atoms in total. The van der Waals surface area contributed by atoms with Gasteiger partial charge in [0, 0.05) is 11.8 Å². The van der Waals surface area contributed by atoms with Crippen molar-refractivity contribution in [3.05, 3.63) is 273 Å². The van der Waals surface area contributed by atoms with Crippen LogP contribution in [0.3, 0.4) is 0 Å². The number of hydrogen-bond donors (Lipinski definition) is 1. The van der Waals surface area contributed by atoms with Gasteiger partial charge in [-0.3, -0.25) is 4.79 Å². The molecular weight excluding hydrogens is 1490 g/mol. The Morgan fingerprint density at radius 1 is 0.263 bits per heavy atom. The van der Waals surface area contributed by atoms with E-state index in [0.717, 1.165) is 77.9 Å². The molecule has 0 spiro atoms. The molecule has 9 aromatic carbocycles. The minimum Gasteiger partial charge on any atom is -0.390 e. The van der Waals surface area contributed by atoms with E-state index in [4.69, 9.17) is 0 Å². The zero-order chi connectivity index (χ0) is 87.1. The largest absolute Gasteiger partial charge is 0.390 e. The maximum Gasteiger partial charge on any atom is 0.166 e. The number of benzene rings is 9. The fourth-order valence-electron chi connectivity index (χ4n) is 21.7. The van der Waals surface area contributed by atoms with Crippen molar-refractivity contribution < 1.29 is 9.90 Å². The smallest absolute Gasteiger partial charge is 0.166 e. The topological polar surface area (TPSA) is 37.3 Å². The third-order valence-corrected chi connectivity index (χ3v) is 30.8. The lowest BCUT2D eigenvalue weighted by molar-refractivity contribution is -0.168. The van der Waals surface area contributed by atoms with Crippen LogP contribution in [0.15, 0.2) is 317 Å². The van der Waals surface area contributed by atoms with Gasteiger partial charge in [-0.15, -0.1) is 0 Å². The summed E-state index contributed by atoms with van der Waals surface area (Å²) < 4.78 is 0. The van der Waals surface area contributed by atoms with E-state index in [1.807, 2.05) is 125 Å². The van der Waals surface area contributed by atoms with Crippen molar-refractivity contribution in [1.29, 1.82) is 0 Å². The van der Waals surface area contributed by atoms with Crippen molar-refractivity contribution in [3.63, 3.8) is 0 Å². The van der Waals surface area contributed by atoms with Crippen LogP contribution in [0.2, 0.25) is 0 Å². The maximum absolute atomic E-state index is 11.9. The molecule has 5 heteroatoms. The molecule has 12 bridgehead atoms. The number of carbonyl (C=O) groups is 1. The molecule has 12 aliphatic carbocycles. The van der Waals surface area contributed by atoms with Crippen LogP contribution in [0.4, 0.5) is 0 Å². The molecule has 646 valence electrons. The third-order valence-electron chi connectivity index (χ3n) is 24.1. The highest BCUT2D eigenvalue weighted by molar-refractivity contribution is 7.97. The summed E-state index contributed by atoms with van der Waals surface area (Å²) in [7, 11) is -0.0439. The average Bonchev–Trinajstić information content (AvgIpc) is 0.733. The van der Waals surface area contributed by atoms with Crippen molar-refractivity contribution in [1.82, 2.24) is 0 Å². The predicted molar refractivity (Wildman–Crippen MR) is 524 cm³/mol. The zero-order valence-corrected chi connectivity index (χ0v) is 81.3. The summed E-state index contributed by atoms with van der Waals surface area (Å²) in [6.07, 6.45) is 26.4. The molecule has 12 saturated carbocycles. The van der Waals surface area contributed by atoms with Crippen molar-refractivity contribution >= 4 is 38.5 Å². The van der Waals surface area contributed by atoms with Gasteiger partial charge in [-0.2, -0.15) is 0 Å². The summed E-state index contributed by atoms with van der Waals surface area (Å²) in [5, 5.41) is 10.6. The van der Waals surface area contributed by atoms with Crippen LogP contribution in [-0.2, 0) is 37.5 Å². The molecule has 0 aromatic heterocycles. The Labute approximate surface area is 735 Å². The molecule has 12 fully saturated rings. The first kappa shape index (κ1) is 104. The minimum absolute atomic E-state index is 0.0146. The number of aliphatic hydroxyl groups is 1. The lowest BCUT2D eigenvalue weighted by atomic mass is 9.46. The summed E-state index contributed by atoms with van der Waals surface area (Å²) in [5.74, 6) is 10.1. The number of ketones is 1. The SMILES string of the molecule is CC.CC.CC.CC.CC.CC.CC.CC.CC.CC(C)C12CC3CC(C1)C(=O)C(C3)C2.CC(C)CC12CC3CC(CC(C3)C1)C2.CC(C)CC12CC3CC(CC(O)(C3)C1)C2.c1ccc([S+](c2ccccc2)c2ccccc2)cc1.c1ccc([S+](c2ccccc2)c2ccccc2)cc1.c1ccc([S+](c2ccccc2)c2ccccc2)cc1. The summed E-state index contributed by atoms with van der Waals surface area (Å²) in [6, 6.07) is 96.5. The standard InChI is InChI=1S/3C18H15S.C14H24O.C14H24.C13H20O.9C2H6/c3*1-4-10-16(11-5-1)19(17-12-6-2-7-13-17)18-14-8-3-9-15-18;1-10(2)4-13-5-11-3-12(6-13)8-14(15,7-11)9-13;1-10(2)6-14-7-11-3-12(8-14)5-13(4-11)9-14;1-8(2)13-5-9-3-10(6-13)12(14)11(4-9)7-13;9*1-2/h3*1-15H;10-12,15H,3-9H2,1-2H3;10-13H,3-9H2,1-2H3;8-11H,3-7H2,1-2H3;9*1-2H3/q3*+1;;;;;;;;;;;;. The molecule has 0 heterocycles. The number of Topliss-reactive ketones (excluding diaryl/α,β-unsaturated/α-hetero) is 1. The van der Waals surface area contributed by atoms with Crippen LogP contribution in [0, 0.1) is 81.3 Å². The van der Waals surface area contributed by atoms with Crippen LogP contribution in [0.1, 0.15) is 288 Å². The van der Waals surface area contributed by atoms with E-state index in [2.05, 4.69) is 315 Å². The fraction of sp³-hybridized carbons (Fsp3) is 0.513. The molecule has 9 aromatic rings. The van der Waals surface area contributed by atoms with Crippen molar-refractivity contribution in [2.75, 3.05) is 0 Å². The Morgan fingerprint density at radius 2 is 0.458 bits per heavy atom. The van der Waals surface area contributed by atoms with Gasteiger partial charge in [0.2, 0.25) is 0 Å². The van der Waals surface area contributed by atoms with E-state index < -0.39 is 0 Å². The van der Waals surface area contributed by atoms with Crippen LogP contribution in [-0.4, -0.2) is 16.5 Å². The zero-order valence-electron chi connectivity index (χ0n) is 78.8. The van der Waals surface area contributed by atoms with Gasteiger partial charge in [0.05, 0.1) is 38.3 Å².